The largest absolute Gasteiger partial charge is 0.306 e. The number of likely N-dealkylation sites (tertiary alicyclic amines) is 1. The maximum absolute atomic E-state index is 6.47. The van der Waals surface area contributed by atoms with E-state index in [1.807, 2.05) is 54.6 Å². The lowest BCUT2D eigenvalue weighted by Crippen LogP contribution is -2.21. The Hall–Kier alpha value is -2.25. The maximum Gasteiger partial charge on any atom is 0.0891 e. The predicted molar refractivity (Wildman–Crippen MR) is 169 cm³/mol. The van der Waals surface area contributed by atoms with E-state index in [0.29, 0.717) is 20.1 Å². The summed E-state index contributed by atoms with van der Waals surface area (Å²) in [6.45, 7) is 4.19. The molecule has 0 amide bonds. The van der Waals surface area contributed by atoms with Crippen molar-refractivity contribution in [2.45, 2.75) is 29.1 Å². The summed E-state index contributed by atoms with van der Waals surface area (Å²) in [5, 5.41) is 2.99. The van der Waals surface area contributed by atoms with Gasteiger partial charge in [-0.3, -0.25) is 4.99 Å². The van der Waals surface area contributed by atoms with Crippen LogP contribution >= 0.6 is 58.2 Å². The lowest BCUT2D eigenvalue weighted by molar-refractivity contribution is 0.336. The monoisotopic (exact) mass is 626 g/mol. The first kappa shape index (κ1) is 27.9. The van der Waals surface area contributed by atoms with Crippen LogP contribution in [0.1, 0.15) is 19.3 Å². The molecule has 0 unspecified atom stereocenters. The zero-order chi connectivity index (χ0) is 27.6. The lowest BCUT2D eigenvalue weighted by Gasteiger charge is -2.20. The van der Waals surface area contributed by atoms with Gasteiger partial charge in [0.1, 0.15) is 0 Å². The van der Waals surface area contributed by atoms with Crippen molar-refractivity contribution in [1.29, 1.82) is 0 Å². The second kappa shape index (κ2) is 12.3. The molecule has 204 valence electrons. The standard InChI is InChI=1S/C31H26Cl4N4S/c32-22-10-8-20(16-24(22)34)39-29-7-2-1-6-26(29)37-27-19-31(40-21-9-11-23(33)25(35)17-21)28(18-30(27)39)36-12-5-15-38-13-3-4-14-38/h1-2,6-11,16-19H,3-5,12-15H2. The topological polar surface area (TPSA) is 33.4 Å². The Bertz CT molecular complexity index is 1730. The second-order valence-corrected chi connectivity index (χ2v) is 12.5. The lowest BCUT2D eigenvalue weighted by atomic mass is 10.1. The van der Waals surface area contributed by atoms with Gasteiger partial charge in [-0.15, -0.1) is 0 Å². The van der Waals surface area contributed by atoms with Crippen molar-refractivity contribution in [3.8, 4) is 17.1 Å². The van der Waals surface area contributed by atoms with Crippen LogP contribution in [-0.4, -0.2) is 40.6 Å². The van der Waals surface area contributed by atoms with E-state index in [1.54, 1.807) is 11.8 Å². The highest BCUT2D eigenvalue weighted by molar-refractivity contribution is 7.99. The minimum Gasteiger partial charge on any atom is -0.306 e. The van der Waals surface area contributed by atoms with Gasteiger partial charge in [-0.1, -0.05) is 70.3 Å². The number of aromatic nitrogens is 2. The molecular formula is C31H26Cl4N4S. The van der Waals surface area contributed by atoms with Gasteiger partial charge in [-0.2, -0.15) is 0 Å². The number of benzene rings is 4. The van der Waals surface area contributed by atoms with E-state index in [-0.39, 0.29) is 0 Å². The molecule has 0 bridgehead atoms. The molecule has 2 aliphatic heterocycles. The minimum absolute atomic E-state index is 0.499. The van der Waals surface area contributed by atoms with E-state index < -0.39 is 0 Å². The molecule has 3 aliphatic rings. The van der Waals surface area contributed by atoms with Gasteiger partial charge in [0, 0.05) is 22.0 Å². The average molecular weight is 628 g/mol. The third kappa shape index (κ3) is 6.01. The van der Waals surface area contributed by atoms with E-state index >= 15 is 0 Å². The van der Waals surface area contributed by atoms with Crippen molar-refractivity contribution in [2.24, 2.45) is 4.99 Å². The third-order valence-electron chi connectivity index (χ3n) is 7.05. The minimum atomic E-state index is 0.499. The van der Waals surface area contributed by atoms with Crippen LogP contribution in [0.15, 0.2) is 87.6 Å². The van der Waals surface area contributed by atoms with Gasteiger partial charge in [0.05, 0.1) is 47.9 Å². The molecule has 6 rings (SSSR count). The van der Waals surface area contributed by atoms with E-state index in [2.05, 4.69) is 27.7 Å². The van der Waals surface area contributed by atoms with Crippen LogP contribution in [0.2, 0.25) is 20.1 Å². The average Bonchev–Trinajstić information content (AvgIpc) is 3.47. The Morgan fingerprint density at radius 3 is 2.33 bits per heavy atom. The van der Waals surface area contributed by atoms with Crippen LogP contribution in [-0.2, 0) is 0 Å². The molecule has 0 atom stereocenters. The van der Waals surface area contributed by atoms with Crippen LogP contribution in [0, 0.1) is 0 Å². The molecular weight excluding hydrogens is 602 g/mol. The van der Waals surface area contributed by atoms with E-state index in [1.165, 1.54) is 25.9 Å². The van der Waals surface area contributed by atoms with Crippen LogP contribution in [0.25, 0.3) is 28.1 Å². The van der Waals surface area contributed by atoms with Gasteiger partial charge in [-0.05, 0) is 99.6 Å². The quantitative estimate of drug-likeness (QED) is 0.133. The molecule has 0 spiro atoms. The Labute approximate surface area is 257 Å². The summed E-state index contributed by atoms with van der Waals surface area (Å²) in [5.41, 5.74) is 4.54. The van der Waals surface area contributed by atoms with Crippen molar-refractivity contribution in [2.75, 3.05) is 26.2 Å². The first-order valence-corrected chi connectivity index (χ1v) is 15.6. The van der Waals surface area contributed by atoms with E-state index in [4.69, 9.17) is 56.4 Å². The highest BCUT2D eigenvalue weighted by Gasteiger charge is 2.18. The second-order valence-electron chi connectivity index (χ2n) is 9.80. The summed E-state index contributed by atoms with van der Waals surface area (Å²) >= 11 is 26.9. The fraction of sp³-hybridized carbons (Fsp3) is 0.226. The Morgan fingerprint density at radius 2 is 1.55 bits per heavy atom. The first-order valence-electron chi connectivity index (χ1n) is 13.2. The number of para-hydroxylation sites is 2. The van der Waals surface area contributed by atoms with Crippen molar-refractivity contribution in [3.05, 3.63) is 98.2 Å². The summed E-state index contributed by atoms with van der Waals surface area (Å²) < 4.78 is 2.18. The summed E-state index contributed by atoms with van der Waals surface area (Å²) in [4.78, 5) is 14.7. The van der Waals surface area contributed by atoms with E-state index in [0.717, 1.165) is 62.8 Å². The Kier molecular flexibility index (Phi) is 8.59. The Balaban J connectivity index is 1.51. The van der Waals surface area contributed by atoms with Crippen LogP contribution in [0.3, 0.4) is 0 Å². The molecule has 9 heteroatoms. The molecule has 3 aromatic rings. The zero-order valence-electron chi connectivity index (χ0n) is 21.6. The molecule has 0 radical (unpaired) electrons. The fourth-order valence-electron chi connectivity index (χ4n) is 5.10. The number of hydrogen-bond donors (Lipinski definition) is 0. The van der Waals surface area contributed by atoms with Gasteiger partial charge in [0.25, 0.3) is 0 Å². The predicted octanol–water partition coefficient (Wildman–Crippen LogP) is 9.28. The molecule has 0 aromatic heterocycles. The molecule has 1 saturated heterocycles. The van der Waals surface area contributed by atoms with Gasteiger partial charge in [-0.25, -0.2) is 4.98 Å². The highest BCUT2D eigenvalue weighted by atomic mass is 35.5. The van der Waals surface area contributed by atoms with Gasteiger partial charge >= 0.3 is 0 Å². The molecule has 3 aromatic carbocycles. The van der Waals surface area contributed by atoms with Gasteiger partial charge < -0.3 is 9.47 Å². The number of rotatable bonds is 7. The summed E-state index contributed by atoms with van der Waals surface area (Å²) in [7, 11) is 0. The van der Waals surface area contributed by atoms with Gasteiger partial charge in [0.15, 0.2) is 0 Å². The molecule has 0 saturated carbocycles. The molecule has 2 heterocycles. The van der Waals surface area contributed by atoms with Crippen molar-refractivity contribution in [3.63, 3.8) is 0 Å². The van der Waals surface area contributed by atoms with Gasteiger partial charge in [0.2, 0.25) is 0 Å². The molecule has 1 aliphatic carbocycles. The molecule has 0 N–H and O–H groups in total. The van der Waals surface area contributed by atoms with Crippen molar-refractivity contribution in [1.82, 2.24) is 14.5 Å². The number of nitrogens with zero attached hydrogens (tertiary/aromatic N) is 4. The normalized spacial score (nSPS) is 14.6. The van der Waals surface area contributed by atoms with Crippen LogP contribution < -0.4 is 5.36 Å². The number of fused-ring (bicyclic) bond motifs is 2. The summed E-state index contributed by atoms with van der Waals surface area (Å²) in [6.07, 6.45) is 3.60. The summed E-state index contributed by atoms with van der Waals surface area (Å²) in [5.74, 6) is 0. The molecule has 4 nitrogen and oxygen atoms in total. The molecule has 1 fully saturated rings. The summed E-state index contributed by atoms with van der Waals surface area (Å²) in [6, 6.07) is 23.7. The zero-order valence-corrected chi connectivity index (χ0v) is 25.4. The molecule has 40 heavy (non-hydrogen) atoms. The Morgan fingerprint density at radius 1 is 0.800 bits per heavy atom. The highest BCUT2D eigenvalue weighted by Crippen LogP contribution is 2.36. The fourth-order valence-corrected chi connectivity index (χ4v) is 6.72. The van der Waals surface area contributed by atoms with Crippen molar-refractivity contribution < 1.29 is 0 Å². The van der Waals surface area contributed by atoms with Crippen LogP contribution in [0.4, 0.5) is 0 Å². The maximum atomic E-state index is 6.47. The smallest absolute Gasteiger partial charge is 0.0891 e. The first-order chi connectivity index (χ1) is 19.5. The SMILES string of the molecule is Clc1ccc(Sc2cc3nc4ccccc4n(-c4ccc(Cl)c(Cl)c4)c-3cc2=NCCCN2CCCC2)cc1Cl. The third-order valence-corrected chi connectivity index (χ3v) is 9.57. The number of hydrogen-bond acceptors (Lipinski definition) is 4. The van der Waals surface area contributed by atoms with E-state index in [9.17, 15) is 0 Å². The number of halogens is 4. The van der Waals surface area contributed by atoms with Crippen LogP contribution in [0.5, 0.6) is 0 Å². The van der Waals surface area contributed by atoms with Crippen molar-refractivity contribution >= 4 is 69.2 Å².